The molecule has 0 nitrogen and oxygen atoms in total. The summed E-state index contributed by atoms with van der Waals surface area (Å²) in [5, 5.41) is 0. The third-order valence-corrected chi connectivity index (χ3v) is 7.30. The van der Waals surface area contributed by atoms with Gasteiger partial charge in [-0.05, 0) is 84.7 Å². The lowest BCUT2D eigenvalue weighted by Gasteiger charge is -2.12. The maximum Gasteiger partial charge on any atom is 0.161 e. The second-order valence-electron chi connectivity index (χ2n) is 10.4. The van der Waals surface area contributed by atoms with E-state index in [-0.39, 0.29) is 51.8 Å². The van der Waals surface area contributed by atoms with E-state index in [4.69, 9.17) is 0 Å². The standard InChI is InChI=1S/C36H31F7/c1-3-5-7-8-9-28-31(39)18-25(19-32(28)40)22-11-13-23(14-12-22)35-33(41)20-26(21-34(35)42)27-16-15-24(17-30(27)38)36(43)29(37)10-6-4-2/h3,11-21H,1,4-10H2,2H3. The van der Waals surface area contributed by atoms with Gasteiger partial charge >= 0.3 is 0 Å². The highest BCUT2D eigenvalue weighted by molar-refractivity contribution is 5.75. The Morgan fingerprint density at radius 3 is 1.84 bits per heavy atom. The lowest BCUT2D eigenvalue weighted by atomic mass is 9.95. The molecule has 0 aromatic heterocycles. The van der Waals surface area contributed by atoms with Gasteiger partial charge in [0.15, 0.2) is 5.83 Å². The first-order valence-electron chi connectivity index (χ1n) is 14.2. The summed E-state index contributed by atoms with van der Waals surface area (Å²) in [6.07, 6.45) is 5.17. The van der Waals surface area contributed by atoms with Gasteiger partial charge in [0.1, 0.15) is 34.9 Å². The van der Waals surface area contributed by atoms with E-state index >= 15 is 8.78 Å². The SMILES string of the molecule is C=CCCCCc1c(F)cc(-c2ccc(-c3c(F)cc(-c4ccc(C(F)=C(F)CCCC)cc4F)cc3F)cc2)cc1F. The normalized spacial score (nSPS) is 11.9. The number of halogens is 7. The van der Waals surface area contributed by atoms with Crippen LogP contribution in [0.15, 0.2) is 85.2 Å². The number of allylic oxidation sites excluding steroid dienone is 2. The van der Waals surface area contributed by atoms with Crippen LogP contribution in [0.25, 0.3) is 39.2 Å². The molecule has 0 aliphatic carbocycles. The number of benzene rings is 4. The Balaban J connectivity index is 1.57. The lowest BCUT2D eigenvalue weighted by Crippen LogP contribution is -1.98. The molecule has 4 rings (SSSR count). The summed E-state index contributed by atoms with van der Waals surface area (Å²) in [5.74, 6) is -6.38. The molecule has 224 valence electrons. The molecule has 0 unspecified atom stereocenters. The Morgan fingerprint density at radius 1 is 0.651 bits per heavy atom. The van der Waals surface area contributed by atoms with E-state index in [1.165, 1.54) is 36.4 Å². The van der Waals surface area contributed by atoms with Crippen LogP contribution in [-0.2, 0) is 6.42 Å². The van der Waals surface area contributed by atoms with Gasteiger partial charge in [-0.1, -0.05) is 55.8 Å². The summed E-state index contributed by atoms with van der Waals surface area (Å²) >= 11 is 0. The molecule has 7 heteroatoms. The minimum atomic E-state index is -1.17. The van der Waals surface area contributed by atoms with E-state index in [0.717, 1.165) is 43.2 Å². The number of rotatable bonds is 12. The van der Waals surface area contributed by atoms with Gasteiger partial charge in [-0.2, -0.15) is 0 Å². The fourth-order valence-electron chi connectivity index (χ4n) is 4.92. The van der Waals surface area contributed by atoms with Gasteiger partial charge in [0.2, 0.25) is 0 Å². The first kappa shape index (κ1) is 31.8. The Bertz CT molecular complexity index is 1590. The van der Waals surface area contributed by atoms with Crippen molar-refractivity contribution in [2.75, 3.05) is 0 Å². The quantitative estimate of drug-likeness (QED) is 0.0867. The van der Waals surface area contributed by atoms with Crippen LogP contribution in [0.2, 0.25) is 0 Å². The first-order chi connectivity index (χ1) is 20.6. The van der Waals surface area contributed by atoms with Crippen molar-refractivity contribution in [1.29, 1.82) is 0 Å². The van der Waals surface area contributed by atoms with Crippen molar-refractivity contribution in [3.8, 4) is 33.4 Å². The molecule has 0 aliphatic rings. The van der Waals surface area contributed by atoms with Crippen molar-refractivity contribution in [3.05, 3.63) is 125 Å². The predicted octanol–water partition coefficient (Wildman–Crippen LogP) is 12.1. The zero-order valence-corrected chi connectivity index (χ0v) is 23.7. The summed E-state index contributed by atoms with van der Waals surface area (Å²) in [6.45, 7) is 5.46. The van der Waals surface area contributed by atoms with Crippen molar-refractivity contribution in [3.63, 3.8) is 0 Å². The second-order valence-corrected chi connectivity index (χ2v) is 10.4. The molecule has 0 heterocycles. The Morgan fingerprint density at radius 2 is 1.26 bits per heavy atom. The fraction of sp³-hybridized carbons (Fsp3) is 0.222. The van der Waals surface area contributed by atoms with Crippen LogP contribution in [0.1, 0.15) is 56.6 Å². The van der Waals surface area contributed by atoms with Crippen molar-refractivity contribution in [1.82, 2.24) is 0 Å². The highest BCUT2D eigenvalue weighted by Crippen LogP contribution is 2.35. The second kappa shape index (κ2) is 14.4. The molecule has 0 amide bonds. The zero-order valence-electron chi connectivity index (χ0n) is 23.7. The van der Waals surface area contributed by atoms with Crippen LogP contribution in [0.5, 0.6) is 0 Å². The molecule has 43 heavy (non-hydrogen) atoms. The van der Waals surface area contributed by atoms with Gasteiger partial charge in [-0.15, -0.1) is 6.58 Å². The topological polar surface area (TPSA) is 0 Å². The van der Waals surface area contributed by atoms with Gasteiger partial charge < -0.3 is 0 Å². The summed E-state index contributed by atoms with van der Waals surface area (Å²) in [4.78, 5) is 0. The predicted molar refractivity (Wildman–Crippen MR) is 159 cm³/mol. The summed E-state index contributed by atoms with van der Waals surface area (Å²) in [6, 6.07) is 13.3. The highest BCUT2D eigenvalue weighted by Gasteiger charge is 2.18. The van der Waals surface area contributed by atoms with Crippen LogP contribution in [0.3, 0.4) is 0 Å². The molecule has 4 aromatic rings. The molecule has 0 saturated carbocycles. The van der Waals surface area contributed by atoms with Crippen LogP contribution in [0.4, 0.5) is 30.7 Å². The van der Waals surface area contributed by atoms with Crippen LogP contribution >= 0.6 is 0 Å². The molecule has 0 fully saturated rings. The molecule has 4 aromatic carbocycles. The zero-order chi connectivity index (χ0) is 31.1. The Labute approximate surface area is 247 Å². The molecule has 0 radical (unpaired) electrons. The first-order valence-corrected chi connectivity index (χ1v) is 14.2. The van der Waals surface area contributed by atoms with Crippen LogP contribution in [0, 0.1) is 29.1 Å². The summed E-state index contributed by atoms with van der Waals surface area (Å²) < 4.78 is 103. The molecular weight excluding hydrogens is 565 g/mol. The molecule has 0 N–H and O–H groups in total. The minimum Gasteiger partial charge on any atom is -0.209 e. The Hall–Kier alpha value is -4.13. The van der Waals surface area contributed by atoms with Gasteiger partial charge in [0.05, 0.1) is 5.56 Å². The summed E-state index contributed by atoms with van der Waals surface area (Å²) in [5.41, 5.74) is -0.0628. The third kappa shape index (κ3) is 7.45. The Kier molecular flexibility index (Phi) is 10.6. The smallest absolute Gasteiger partial charge is 0.161 e. The molecular formula is C36H31F7. The van der Waals surface area contributed by atoms with E-state index in [1.807, 2.05) is 6.92 Å². The third-order valence-electron chi connectivity index (χ3n) is 7.30. The van der Waals surface area contributed by atoms with Gasteiger partial charge in [-0.3, -0.25) is 0 Å². The fourth-order valence-corrected chi connectivity index (χ4v) is 4.92. The maximum atomic E-state index is 15.2. The van der Waals surface area contributed by atoms with E-state index in [9.17, 15) is 22.0 Å². The van der Waals surface area contributed by atoms with E-state index in [2.05, 4.69) is 6.58 Å². The van der Waals surface area contributed by atoms with Crippen LogP contribution < -0.4 is 0 Å². The van der Waals surface area contributed by atoms with E-state index in [0.29, 0.717) is 24.8 Å². The van der Waals surface area contributed by atoms with Crippen molar-refractivity contribution >= 4 is 5.83 Å². The van der Waals surface area contributed by atoms with E-state index in [1.54, 1.807) is 6.08 Å². The van der Waals surface area contributed by atoms with Gasteiger partial charge in [0, 0.05) is 23.1 Å². The van der Waals surface area contributed by atoms with Crippen LogP contribution in [-0.4, -0.2) is 0 Å². The average molecular weight is 597 g/mol. The number of hydrogen-bond donors (Lipinski definition) is 0. The maximum absolute atomic E-state index is 15.2. The average Bonchev–Trinajstić information content (AvgIpc) is 2.98. The lowest BCUT2D eigenvalue weighted by molar-refractivity contribution is 0.547. The summed E-state index contributed by atoms with van der Waals surface area (Å²) in [7, 11) is 0. The largest absolute Gasteiger partial charge is 0.209 e. The van der Waals surface area contributed by atoms with E-state index < -0.39 is 40.7 Å². The van der Waals surface area contributed by atoms with Crippen molar-refractivity contribution < 1.29 is 30.7 Å². The monoisotopic (exact) mass is 596 g/mol. The molecule has 0 saturated heterocycles. The van der Waals surface area contributed by atoms with Crippen molar-refractivity contribution in [2.45, 2.75) is 51.9 Å². The van der Waals surface area contributed by atoms with Crippen molar-refractivity contribution in [2.24, 2.45) is 0 Å². The van der Waals surface area contributed by atoms with Gasteiger partial charge in [-0.25, -0.2) is 30.7 Å². The van der Waals surface area contributed by atoms with Gasteiger partial charge in [0.25, 0.3) is 0 Å². The molecule has 0 aliphatic heterocycles. The highest BCUT2D eigenvalue weighted by atomic mass is 19.2. The molecule has 0 atom stereocenters. The number of hydrogen-bond acceptors (Lipinski definition) is 0. The molecule has 0 spiro atoms. The number of unbranched alkanes of at least 4 members (excludes halogenated alkanes) is 3. The molecule has 0 bridgehead atoms. The minimum absolute atomic E-state index is 0.0143.